The molecule has 1 fully saturated rings. The highest BCUT2D eigenvalue weighted by atomic mass is 32.1. The molecule has 4 aromatic rings. The number of para-hydroxylation sites is 1. The summed E-state index contributed by atoms with van der Waals surface area (Å²) in [6, 6.07) is 17.0. The summed E-state index contributed by atoms with van der Waals surface area (Å²) in [7, 11) is 0. The van der Waals surface area contributed by atoms with Crippen LogP contribution in [-0.2, 0) is 6.18 Å². The SMILES string of the molecule is N#Cc1c(Nc2ccc(C3CC3)c(C(F)(F)F)c2)s[nH]c1=O.N#Cc1c(Nc2ccccc2)s[nH]c1=O. The Morgan fingerprint density at radius 2 is 1.38 bits per heavy atom. The van der Waals surface area contributed by atoms with Gasteiger partial charge >= 0.3 is 6.18 Å². The van der Waals surface area contributed by atoms with Crippen molar-refractivity contribution in [3.8, 4) is 12.1 Å². The molecule has 4 N–H and O–H groups in total. The molecule has 2 aromatic carbocycles. The number of aromatic amines is 2. The van der Waals surface area contributed by atoms with E-state index in [4.69, 9.17) is 10.5 Å². The fourth-order valence-electron chi connectivity index (χ4n) is 3.40. The van der Waals surface area contributed by atoms with Gasteiger partial charge < -0.3 is 10.6 Å². The second-order valence-corrected chi connectivity index (χ2v) is 9.52. The zero-order chi connectivity index (χ0) is 26.6. The molecule has 0 saturated heterocycles. The largest absolute Gasteiger partial charge is 0.416 e. The summed E-state index contributed by atoms with van der Waals surface area (Å²) in [6.07, 6.45) is -2.89. The third-order valence-corrected chi connectivity index (χ3v) is 6.88. The van der Waals surface area contributed by atoms with Gasteiger partial charge in [-0.2, -0.15) is 23.7 Å². The predicted octanol–water partition coefficient (Wildman–Crippen LogP) is 6.00. The van der Waals surface area contributed by atoms with Crippen molar-refractivity contribution in [3.63, 3.8) is 0 Å². The van der Waals surface area contributed by atoms with Crippen molar-refractivity contribution in [3.05, 3.63) is 91.5 Å². The summed E-state index contributed by atoms with van der Waals surface area (Å²) in [5, 5.41) is 24.1. The van der Waals surface area contributed by atoms with Crippen molar-refractivity contribution >= 4 is 44.4 Å². The minimum absolute atomic E-state index is 0.0244. The Labute approximate surface area is 215 Å². The monoisotopic (exact) mass is 542 g/mol. The van der Waals surface area contributed by atoms with Crippen LogP contribution < -0.4 is 21.8 Å². The van der Waals surface area contributed by atoms with E-state index in [0.717, 1.165) is 47.7 Å². The van der Waals surface area contributed by atoms with Crippen LogP contribution in [-0.4, -0.2) is 8.75 Å². The average molecular weight is 543 g/mol. The standard InChI is InChI=1S/C14H10F3N3OS.C10H7N3OS/c15-14(16,17)11-5-8(3-4-9(11)7-1-2-7)19-13-10(6-18)12(21)20-22-13;11-6-8-9(14)13-15-10(8)12-7-4-2-1-3-5-7/h3-5,7,19H,1-2H2,(H,20,21);1-5,12H,(H,13,14). The third kappa shape index (κ3) is 6.09. The molecule has 0 spiro atoms. The van der Waals surface area contributed by atoms with Crippen molar-refractivity contribution in [1.29, 1.82) is 10.5 Å². The van der Waals surface area contributed by atoms with Gasteiger partial charge in [-0.1, -0.05) is 24.3 Å². The molecule has 0 unspecified atom stereocenters. The molecule has 5 rings (SSSR count). The Kier molecular flexibility index (Phi) is 7.47. The Bertz CT molecular complexity index is 1600. The van der Waals surface area contributed by atoms with E-state index in [-0.39, 0.29) is 33.3 Å². The van der Waals surface area contributed by atoms with Gasteiger partial charge in [0.1, 0.15) is 22.1 Å². The normalized spacial score (nSPS) is 12.6. The number of benzene rings is 2. The maximum Gasteiger partial charge on any atom is 0.416 e. The van der Waals surface area contributed by atoms with Crippen molar-refractivity contribution in [1.82, 2.24) is 8.75 Å². The number of hydrogen-bond acceptors (Lipinski definition) is 8. The van der Waals surface area contributed by atoms with Crippen LogP contribution in [0.2, 0.25) is 0 Å². The number of nitrogens with zero attached hydrogens (tertiary/aromatic N) is 2. The Hall–Kier alpha value is -4.33. The van der Waals surface area contributed by atoms with Gasteiger partial charge in [0.15, 0.2) is 11.1 Å². The van der Waals surface area contributed by atoms with Crippen molar-refractivity contribution < 1.29 is 13.2 Å². The molecule has 1 saturated carbocycles. The summed E-state index contributed by atoms with van der Waals surface area (Å²) in [4.78, 5) is 22.5. The number of anilines is 4. The Morgan fingerprint density at radius 3 is 1.86 bits per heavy atom. The lowest BCUT2D eigenvalue weighted by molar-refractivity contribution is -0.138. The second kappa shape index (κ2) is 10.7. The van der Waals surface area contributed by atoms with Crippen LogP contribution in [0.3, 0.4) is 0 Å². The van der Waals surface area contributed by atoms with Crippen LogP contribution in [0.15, 0.2) is 58.1 Å². The zero-order valence-electron chi connectivity index (χ0n) is 18.8. The molecule has 2 aromatic heterocycles. The van der Waals surface area contributed by atoms with E-state index in [9.17, 15) is 22.8 Å². The van der Waals surface area contributed by atoms with E-state index in [1.54, 1.807) is 6.07 Å². The maximum absolute atomic E-state index is 13.2. The van der Waals surface area contributed by atoms with Gasteiger partial charge in [-0.05, 0) is 71.7 Å². The van der Waals surface area contributed by atoms with Gasteiger partial charge in [0.25, 0.3) is 11.1 Å². The van der Waals surface area contributed by atoms with E-state index >= 15 is 0 Å². The molecule has 13 heteroatoms. The lowest BCUT2D eigenvalue weighted by Gasteiger charge is -2.14. The third-order valence-electron chi connectivity index (χ3n) is 5.29. The van der Waals surface area contributed by atoms with Crippen molar-refractivity contribution in [2.24, 2.45) is 0 Å². The first kappa shape index (κ1) is 25.8. The highest BCUT2D eigenvalue weighted by Gasteiger charge is 2.38. The van der Waals surface area contributed by atoms with E-state index in [1.807, 2.05) is 36.4 Å². The van der Waals surface area contributed by atoms with Gasteiger partial charge in [0.2, 0.25) is 0 Å². The van der Waals surface area contributed by atoms with Gasteiger partial charge in [0.05, 0.1) is 5.56 Å². The number of halogens is 3. The van der Waals surface area contributed by atoms with Crippen LogP contribution in [0.1, 0.15) is 41.0 Å². The van der Waals surface area contributed by atoms with E-state index in [1.165, 1.54) is 12.1 Å². The first-order chi connectivity index (χ1) is 17.7. The zero-order valence-corrected chi connectivity index (χ0v) is 20.4. The van der Waals surface area contributed by atoms with Gasteiger partial charge in [-0.25, -0.2) is 0 Å². The van der Waals surface area contributed by atoms with E-state index in [2.05, 4.69) is 19.4 Å². The van der Waals surface area contributed by atoms with Crippen molar-refractivity contribution in [2.75, 3.05) is 10.6 Å². The predicted molar refractivity (Wildman–Crippen MR) is 136 cm³/mol. The Morgan fingerprint density at radius 1 is 0.838 bits per heavy atom. The maximum atomic E-state index is 13.2. The molecular weight excluding hydrogens is 525 g/mol. The topological polar surface area (TPSA) is 137 Å². The molecule has 0 aliphatic heterocycles. The van der Waals surface area contributed by atoms with Crippen LogP contribution in [0, 0.1) is 22.7 Å². The highest BCUT2D eigenvalue weighted by molar-refractivity contribution is 7.10. The number of aromatic nitrogens is 2. The lowest BCUT2D eigenvalue weighted by atomic mass is 10.0. The van der Waals surface area contributed by atoms with Crippen LogP contribution in [0.25, 0.3) is 0 Å². The number of hydrogen-bond donors (Lipinski definition) is 4. The average Bonchev–Trinajstić information content (AvgIpc) is 3.58. The summed E-state index contributed by atoms with van der Waals surface area (Å²) >= 11 is 2.00. The fourth-order valence-corrected chi connectivity index (χ4v) is 4.81. The quantitative estimate of drug-likeness (QED) is 0.244. The van der Waals surface area contributed by atoms with Gasteiger partial charge in [-0.15, -0.1) is 0 Å². The summed E-state index contributed by atoms with van der Waals surface area (Å²) in [5.41, 5.74) is -0.217. The van der Waals surface area contributed by atoms with Crippen molar-refractivity contribution in [2.45, 2.75) is 24.9 Å². The molecule has 0 atom stereocenters. The smallest absolute Gasteiger partial charge is 0.345 e. The molecule has 1 aliphatic rings. The van der Waals surface area contributed by atoms with E-state index in [0.29, 0.717) is 10.6 Å². The number of alkyl halides is 3. The number of rotatable bonds is 5. The molecule has 8 nitrogen and oxygen atoms in total. The number of nitriles is 2. The summed E-state index contributed by atoms with van der Waals surface area (Å²) in [6.45, 7) is 0. The van der Waals surface area contributed by atoms with E-state index < -0.39 is 17.3 Å². The molecule has 188 valence electrons. The number of H-pyrrole nitrogens is 2. The first-order valence-corrected chi connectivity index (χ1v) is 12.4. The molecule has 0 amide bonds. The van der Waals surface area contributed by atoms with Crippen LogP contribution in [0.4, 0.5) is 34.5 Å². The van der Waals surface area contributed by atoms with Gasteiger partial charge in [-0.3, -0.25) is 18.3 Å². The summed E-state index contributed by atoms with van der Waals surface area (Å²) in [5.74, 6) is -0.0244. The summed E-state index contributed by atoms with van der Waals surface area (Å²) < 4.78 is 44.4. The molecule has 37 heavy (non-hydrogen) atoms. The lowest BCUT2D eigenvalue weighted by Crippen LogP contribution is -2.09. The molecular formula is C24H17F3N6O2S2. The Balaban J connectivity index is 0.000000186. The molecule has 2 heterocycles. The van der Waals surface area contributed by atoms with Crippen LogP contribution in [0.5, 0.6) is 0 Å². The number of nitrogens with one attached hydrogen (secondary N) is 4. The minimum atomic E-state index is -4.43. The fraction of sp³-hybridized carbons (Fsp3) is 0.167. The first-order valence-electron chi connectivity index (χ1n) is 10.7. The van der Waals surface area contributed by atoms with Gasteiger partial charge in [0, 0.05) is 11.4 Å². The second-order valence-electron chi connectivity index (χ2n) is 7.89. The minimum Gasteiger partial charge on any atom is -0.345 e. The molecule has 1 aliphatic carbocycles. The molecule has 0 bridgehead atoms. The van der Waals surface area contributed by atoms with Crippen LogP contribution >= 0.6 is 23.1 Å². The molecule has 0 radical (unpaired) electrons. The highest BCUT2D eigenvalue weighted by Crippen LogP contribution is 2.46.